The Hall–Kier alpha value is -1.63. The van der Waals surface area contributed by atoms with Crippen LogP contribution in [0.15, 0.2) is 24.3 Å². The molecule has 1 rings (SSSR count). The third-order valence-corrected chi connectivity index (χ3v) is 2.25. The van der Waals surface area contributed by atoms with Crippen LogP contribution >= 0.6 is 0 Å². The Kier molecular flexibility index (Phi) is 4.66. The topological polar surface area (TPSA) is 55.1 Å². The molecule has 1 atom stereocenters. The quantitative estimate of drug-likeness (QED) is 0.798. The average molecular weight is 264 g/mol. The van der Waals surface area contributed by atoms with E-state index in [2.05, 4.69) is 5.32 Å². The molecule has 1 amide bonds. The van der Waals surface area contributed by atoms with E-state index < -0.39 is 23.9 Å². The van der Waals surface area contributed by atoms with Crippen LogP contribution in [-0.4, -0.2) is 18.6 Å². The lowest BCUT2D eigenvalue weighted by molar-refractivity contribution is -0.158. The summed E-state index contributed by atoms with van der Waals surface area (Å²) in [7, 11) is 0. The zero-order chi connectivity index (χ0) is 13.8. The Morgan fingerprint density at radius 2 is 1.83 bits per heavy atom. The van der Waals surface area contributed by atoms with E-state index >= 15 is 0 Å². The summed E-state index contributed by atoms with van der Waals surface area (Å²) in [5.74, 6) is -1.31. The number of rotatable bonds is 5. The highest BCUT2D eigenvalue weighted by Crippen LogP contribution is 2.32. The van der Waals surface area contributed by atoms with E-state index in [0.717, 1.165) is 24.3 Å². The van der Waals surface area contributed by atoms with Gasteiger partial charge in [0.15, 0.2) is 0 Å². The number of amides is 1. The van der Waals surface area contributed by atoms with Crippen LogP contribution in [0.3, 0.4) is 0 Å². The maximum absolute atomic E-state index is 12.8. The van der Waals surface area contributed by atoms with Crippen LogP contribution in [0.1, 0.15) is 18.0 Å². The van der Waals surface area contributed by atoms with Crippen molar-refractivity contribution in [3.05, 3.63) is 35.6 Å². The summed E-state index contributed by atoms with van der Waals surface area (Å²) < 4.78 is 50.9. The molecule has 18 heavy (non-hydrogen) atoms. The molecule has 0 heterocycles. The third kappa shape index (κ3) is 4.33. The minimum absolute atomic E-state index is 0.117. The van der Waals surface area contributed by atoms with Crippen molar-refractivity contribution >= 4 is 5.91 Å². The first-order valence-corrected chi connectivity index (χ1v) is 5.14. The summed E-state index contributed by atoms with van der Waals surface area (Å²) in [6.45, 7) is -0.198. The Bertz CT molecular complexity index is 402. The number of carbonyl (C=O) groups is 1. The van der Waals surface area contributed by atoms with E-state index in [-0.39, 0.29) is 18.5 Å². The predicted molar refractivity (Wildman–Crippen MR) is 57.0 cm³/mol. The molecule has 0 unspecified atom stereocenters. The smallest absolute Gasteiger partial charge is 0.370 e. The molecule has 0 fully saturated rings. The third-order valence-electron chi connectivity index (χ3n) is 2.25. The molecule has 0 saturated heterocycles. The van der Waals surface area contributed by atoms with E-state index in [1.807, 2.05) is 0 Å². The summed E-state index contributed by atoms with van der Waals surface area (Å²) >= 11 is 0. The maximum atomic E-state index is 12.8. The number of alkyl halides is 3. The molecule has 100 valence electrons. The van der Waals surface area contributed by atoms with Gasteiger partial charge in [0, 0.05) is 13.0 Å². The Morgan fingerprint density at radius 1 is 1.28 bits per heavy atom. The Morgan fingerprint density at radius 3 is 2.28 bits per heavy atom. The van der Waals surface area contributed by atoms with Gasteiger partial charge < -0.3 is 11.1 Å². The van der Waals surface area contributed by atoms with Crippen LogP contribution in [0.4, 0.5) is 17.6 Å². The van der Waals surface area contributed by atoms with Gasteiger partial charge in [0.1, 0.15) is 11.9 Å². The van der Waals surface area contributed by atoms with Gasteiger partial charge in [0.25, 0.3) is 0 Å². The van der Waals surface area contributed by atoms with Crippen LogP contribution in [-0.2, 0) is 4.79 Å². The number of benzene rings is 1. The van der Waals surface area contributed by atoms with Crippen molar-refractivity contribution in [2.45, 2.75) is 18.6 Å². The van der Waals surface area contributed by atoms with Gasteiger partial charge in [-0.3, -0.25) is 4.79 Å². The second-order valence-corrected chi connectivity index (χ2v) is 3.70. The fourth-order valence-electron chi connectivity index (χ4n) is 1.42. The molecular formula is C11H12F4N2O. The lowest BCUT2D eigenvalue weighted by Crippen LogP contribution is -2.36. The number of halogens is 4. The largest absolute Gasteiger partial charge is 0.407 e. The molecular weight excluding hydrogens is 252 g/mol. The Labute approximate surface area is 101 Å². The van der Waals surface area contributed by atoms with Crippen molar-refractivity contribution in [1.29, 1.82) is 0 Å². The van der Waals surface area contributed by atoms with Gasteiger partial charge in [0.05, 0.1) is 0 Å². The zero-order valence-electron chi connectivity index (χ0n) is 9.30. The van der Waals surface area contributed by atoms with Crippen molar-refractivity contribution < 1.29 is 22.4 Å². The number of carbonyl (C=O) groups excluding carboxylic acids is 1. The summed E-state index contributed by atoms with van der Waals surface area (Å²) in [5.41, 5.74) is 4.72. The molecule has 0 saturated carbocycles. The number of hydrogen-bond donors (Lipinski definition) is 2. The highest BCUT2D eigenvalue weighted by Gasteiger charge is 2.40. The van der Waals surface area contributed by atoms with Crippen LogP contribution in [0.5, 0.6) is 0 Å². The summed E-state index contributed by atoms with van der Waals surface area (Å²) in [6, 6.07) is 2.04. The second-order valence-electron chi connectivity index (χ2n) is 3.70. The van der Waals surface area contributed by atoms with Crippen LogP contribution < -0.4 is 11.1 Å². The fourth-order valence-corrected chi connectivity index (χ4v) is 1.42. The van der Waals surface area contributed by atoms with Crippen molar-refractivity contribution in [3.8, 4) is 0 Å². The normalized spacial score (nSPS) is 13.3. The monoisotopic (exact) mass is 264 g/mol. The zero-order valence-corrected chi connectivity index (χ0v) is 9.30. The van der Waals surface area contributed by atoms with Crippen LogP contribution in [0, 0.1) is 5.82 Å². The number of primary amides is 1. The minimum Gasteiger partial charge on any atom is -0.370 e. The molecule has 0 aliphatic rings. The standard InChI is InChI=1S/C11H12F4N2O/c12-8-3-1-7(2-4-8)10(11(13,14)15)17-6-5-9(16)18/h1-4,10,17H,5-6H2,(H2,16,18)/t10-/m1/s1. The van der Waals surface area contributed by atoms with Crippen molar-refractivity contribution in [2.75, 3.05) is 6.54 Å². The van der Waals surface area contributed by atoms with Gasteiger partial charge >= 0.3 is 6.18 Å². The summed E-state index contributed by atoms with van der Waals surface area (Å²) in [5, 5.41) is 2.18. The van der Waals surface area contributed by atoms with E-state index in [4.69, 9.17) is 5.73 Å². The average Bonchev–Trinajstić information content (AvgIpc) is 2.24. The predicted octanol–water partition coefficient (Wildman–Crippen LogP) is 1.89. The molecule has 0 radical (unpaired) electrons. The first kappa shape index (κ1) is 14.4. The van der Waals surface area contributed by atoms with Crippen molar-refractivity contribution in [1.82, 2.24) is 5.32 Å². The van der Waals surface area contributed by atoms with Gasteiger partial charge in [-0.15, -0.1) is 0 Å². The van der Waals surface area contributed by atoms with Gasteiger partial charge in [-0.25, -0.2) is 4.39 Å². The van der Waals surface area contributed by atoms with Crippen molar-refractivity contribution in [3.63, 3.8) is 0 Å². The van der Waals surface area contributed by atoms with E-state index in [0.29, 0.717) is 0 Å². The van der Waals surface area contributed by atoms with Gasteiger partial charge in [-0.1, -0.05) is 12.1 Å². The molecule has 7 heteroatoms. The molecule has 3 nitrogen and oxygen atoms in total. The second kappa shape index (κ2) is 5.81. The summed E-state index contributed by atoms with van der Waals surface area (Å²) in [6.07, 6.45) is -4.73. The highest BCUT2D eigenvalue weighted by atomic mass is 19.4. The maximum Gasteiger partial charge on any atom is 0.407 e. The van der Waals surface area contributed by atoms with Gasteiger partial charge in [0.2, 0.25) is 5.91 Å². The molecule has 0 aliphatic carbocycles. The molecule has 1 aromatic carbocycles. The van der Waals surface area contributed by atoms with E-state index in [1.165, 1.54) is 0 Å². The lowest BCUT2D eigenvalue weighted by Gasteiger charge is -2.21. The first-order valence-electron chi connectivity index (χ1n) is 5.14. The van der Waals surface area contributed by atoms with Gasteiger partial charge in [-0.2, -0.15) is 13.2 Å². The van der Waals surface area contributed by atoms with E-state index in [9.17, 15) is 22.4 Å². The molecule has 0 aromatic heterocycles. The summed E-state index contributed by atoms with van der Waals surface area (Å²) in [4.78, 5) is 10.5. The highest BCUT2D eigenvalue weighted by molar-refractivity contribution is 5.73. The van der Waals surface area contributed by atoms with Gasteiger partial charge in [-0.05, 0) is 17.7 Å². The fraction of sp³-hybridized carbons (Fsp3) is 0.364. The van der Waals surface area contributed by atoms with E-state index in [1.54, 1.807) is 0 Å². The SMILES string of the molecule is NC(=O)CCN[C@H](c1ccc(F)cc1)C(F)(F)F. The number of nitrogens with two attached hydrogens (primary N) is 1. The van der Waals surface area contributed by atoms with Crippen molar-refractivity contribution in [2.24, 2.45) is 5.73 Å². The molecule has 3 N–H and O–H groups in total. The van der Waals surface area contributed by atoms with Crippen LogP contribution in [0.25, 0.3) is 0 Å². The molecule has 0 bridgehead atoms. The first-order chi connectivity index (χ1) is 8.30. The lowest BCUT2D eigenvalue weighted by atomic mass is 10.1. The Balaban J connectivity index is 2.79. The minimum atomic E-state index is -4.53. The number of hydrogen-bond acceptors (Lipinski definition) is 2. The molecule has 0 aliphatic heterocycles. The van der Waals surface area contributed by atoms with Crippen LogP contribution in [0.2, 0.25) is 0 Å². The molecule has 1 aromatic rings. The number of nitrogens with one attached hydrogen (secondary N) is 1. The molecule has 0 spiro atoms.